The number of nitrogens with two attached hydrogens (primary N) is 1. The van der Waals surface area contributed by atoms with E-state index in [-0.39, 0.29) is 12.3 Å². The molecule has 0 unspecified atom stereocenters. The molecule has 5 nitrogen and oxygen atoms in total. The predicted octanol–water partition coefficient (Wildman–Crippen LogP) is 2.12. The van der Waals surface area contributed by atoms with Crippen molar-refractivity contribution >= 4 is 11.7 Å². The molecule has 0 fully saturated rings. The van der Waals surface area contributed by atoms with Gasteiger partial charge in [0.1, 0.15) is 18.2 Å². The Kier molecular flexibility index (Phi) is 3.97. The maximum atomic E-state index is 13.5. The standard InChI is InChI=1S/C13H13F2N3O2/c1-2-18-6-8(5-17-18)7-20-13(19)9-3-12(16)11(15)4-10(9)14/h3-6H,2,7,16H2,1H3. The number of rotatable bonds is 4. The summed E-state index contributed by atoms with van der Waals surface area (Å²) in [6, 6.07) is 1.48. The fourth-order valence-electron chi connectivity index (χ4n) is 1.60. The SMILES string of the molecule is CCn1cc(COC(=O)c2cc(N)c(F)cc2F)cn1. The van der Waals surface area contributed by atoms with Gasteiger partial charge in [0.15, 0.2) is 0 Å². The molecule has 2 aromatic rings. The number of hydrogen-bond donors (Lipinski definition) is 1. The molecule has 0 bridgehead atoms. The number of aryl methyl sites for hydroxylation is 1. The lowest BCUT2D eigenvalue weighted by atomic mass is 10.2. The third kappa shape index (κ3) is 2.93. The predicted molar refractivity (Wildman–Crippen MR) is 67.8 cm³/mol. The first-order chi connectivity index (χ1) is 9.51. The van der Waals surface area contributed by atoms with E-state index in [1.54, 1.807) is 17.1 Å². The molecule has 0 aliphatic rings. The molecule has 0 amide bonds. The van der Waals surface area contributed by atoms with Crippen LogP contribution >= 0.6 is 0 Å². The number of nitrogens with zero attached hydrogens (tertiary/aromatic N) is 2. The molecular weight excluding hydrogens is 268 g/mol. The summed E-state index contributed by atoms with van der Waals surface area (Å²) in [5.41, 5.74) is 5.27. The fraction of sp³-hybridized carbons (Fsp3) is 0.231. The minimum absolute atomic E-state index is 0.0461. The van der Waals surface area contributed by atoms with Gasteiger partial charge in [-0.05, 0) is 13.0 Å². The maximum Gasteiger partial charge on any atom is 0.341 e. The number of benzene rings is 1. The van der Waals surface area contributed by atoms with Crippen LogP contribution in [0.4, 0.5) is 14.5 Å². The summed E-state index contributed by atoms with van der Waals surface area (Å²) in [6.07, 6.45) is 3.26. The summed E-state index contributed by atoms with van der Waals surface area (Å²) >= 11 is 0. The minimum atomic E-state index is -1.01. The molecule has 0 aliphatic carbocycles. The zero-order chi connectivity index (χ0) is 14.7. The quantitative estimate of drug-likeness (QED) is 0.688. The number of anilines is 1. The highest BCUT2D eigenvalue weighted by Gasteiger charge is 2.16. The molecule has 1 aromatic heterocycles. The van der Waals surface area contributed by atoms with E-state index in [4.69, 9.17) is 10.5 Å². The van der Waals surface area contributed by atoms with Crippen molar-refractivity contribution < 1.29 is 18.3 Å². The van der Waals surface area contributed by atoms with Gasteiger partial charge in [0.05, 0.1) is 17.4 Å². The van der Waals surface area contributed by atoms with Crippen molar-refractivity contribution in [3.8, 4) is 0 Å². The van der Waals surface area contributed by atoms with Crippen molar-refractivity contribution in [2.24, 2.45) is 0 Å². The Morgan fingerprint density at radius 2 is 2.15 bits per heavy atom. The Morgan fingerprint density at radius 1 is 1.40 bits per heavy atom. The molecule has 20 heavy (non-hydrogen) atoms. The second-order valence-electron chi connectivity index (χ2n) is 4.13. The van der Waals surface area contributed by atoms with Gasteiger partial charge in [-0.1, -0.05) is 0 Å². The van der Waals surface area contributed by atoms with Gasteiger partial charge in [-0.3, -0.25) is 4.68 Å². The van der Waals surface area contributed by atoms with E-state index in [0.717, 1.165) is 6.07 Å². The van der Waals surface area contributed by atoms with Crippen LogP contribution in [-0.4, -0.2) is 15.7 Å². The van der Waals surface area contributed by atoms with Gasteiger partial charge in [-0.25, -0.2) is 13.6 Å². The van der Waals surface area contributed by atoms with Gasteiger partial charge in [-0.15, -0.1) is 0 Å². The molecule has 0 spiro atoms. The van der Waals surface area contributed by atoms with Crippen LogP contribution in [0.3, 0.4) is 0 Å². The van der Waals surface area contributed by atoms with E-state index < -0.39 is 23.2 Å². The van der Waals surface area contributed by atoms with E-state index in [1.165, 1.54) is 0 Å². The topological polar surface area (TPSA) is 70.1 Å². The van der Waals surface area contributed by atoms with Crippen LogP contribution in [0.2, 0.25) is 0 Å². The first-order valence-electron chi connectivity index (χ1n) is 5.94. The van der Waals surface area contributed by atoms with Crippen molar-refractivity contribution in [2.75, 3.05) is 5.73 Å². The molecule has 0 aliphatic heterocycles. The van der Waals surface area contributed by atoms with Gasteiger partial charge in [0, 0.05) is 24.4 Å². The summed E-state index contributed by atoms with van der Waals surface area (Å²) in [6.45, 7) is 2.56. The van der Waals surface area contributed by atoms with E-state index in [0.29, 0.717) is 18.2 Å². The van der Waals surface area contributed by atoms with E-state index in [2.05, 4.69) is 5.10 Å². The van der Waals surface area contributed by atoms with Crippen LogP contribution in [0.15, 0.2) is 24.5 Å². The van der Waals surface area contributed by atoms with Crippen molar-refractivity contribution in [3.05, 3.63) is 47.3 Å². The lowest BCUT2D eigenvalue weighted by Crippen LogP contribution is -2.09. The molecule has 106 valence electrons. The highest BCUT2D eigenvalue weighted by Crippen LogP contribution is 2.18. The number of aromatic nitrogens is 2. The third-order valence-corrected chi connectivity index (χ3v) is 2.69. The van der Waals surface area contributed by atoms with Gasteiger partial charge in [0.2, 0.25) is 0 Å². The van der Waals surface area contributed by atoms with Crippen LogP contribution < -0.4 is 5.73 Å². The van der Waals surface area contributed by atoms with Crippen LogP contribution in [0, 0.1) is 11.6 Å². The van der Waals surface area contributed by atoms with Crippen molar-refractivity contribution in [2.45, 2.75) is 20.1 Å². The summed E-state index contributed by atoms with van der Waals surface area (Å²) < 4.78 is 33.0. The number of esters is 1. The Morgan fingerprint density at radius 3 is 2.80 bits per heavy atom. The van der Waals surface area contributed by atoms with E-state index in [9.17, 15) is 13.6 Å². The molecule has 0 saturated heterocycles. The molecule has 7 heteroatoms. The molecule has 1 aromatic carbocycles. The highest BCUT2D eigenvalue weighted by atomic mass is 19.1. The molecule has 0 atom stereocenters. The Balaban J connectivity index is 2.07. The molecule has 1 heterocycles. The zero-order valence-electron chi connectivity index (χ0n) is 10.8. The number of carbonyl (C=O) groups excluding carboxylic acids is 1. The number of ether oxygens (including phenoxy) is 1. The van der Waals surface area contributed by atoms with Crippen LogP contribution in [0.5, 0.6) is 0 Å². The van der Waals surface area contributed by atoms with Crippen molar-refractivity contribution in [1.29, 1.82) is 0 Å². The normalized spacial score (nSPS) is 10.6. The first kappa shape index (κ1) is 14.0. The monoisotopic (exact) mass is 281 g/mol. The fourth-order valence-corrected chi connectivity index (χ4v) is 1.60. The van der Waals surface area contributed by atoms with Crippen molar-refractivity contribution in [1.82, 2.24) is 9.78 Å². The van der Waals surface area contributed by atoms with Gasteiger partial charge in [-0.2, -0.15) is 5.10 Å². The van der Waals surface area contributed by atoms with Crippen molar-refractivity contribution in [3.63, 3.8) is 0 Å². The maximum absolute atomic E-state index is 13.5. The van der Waals surface area contributed by atoms with Gasteiger partial charge < -0.3 is 10.5 Å². The van der Waals surface area contributed by atoms with Gasteiger partial charge in [0.25, 0.3) is 0 Å². The second kappa shape index (κ2) is 5.68. The second-order valence-corrected chi connectivity index (χ2v) is 4.13. The minimum Gasteiger partial charge on any atom is -0.457 e. The zero-order valence-corrected chi connectivity index (χ0v) is 10.8. The molecule has 0 radical (unpaired) electrons. The molecular formula is C13H13F2N3O2. The smallest absolute Gasteiger partial charge is 0.341 e. The van der Waals surface area contributed by atoms with Crippen LogP contribution in [0.1, 0.15) is 22.8 Å². The highest BCUT2D eigenvalue weighted by molar-refractivity contribution is 5.90. The van der Waals surface area contributed by atoms with Gasteiger partial charge >= 0.3 is 5.97 Å². The average Bonchev–Trinajstić information content (AvgIpc) is 2.88. The lowest BCUT2D eigenvalue weighted by Gasteiger charge is -2.06. The Hall–Kier alpha value is -2.44. The average molecular weight is 281 g/mol. The number of halogens is 2. The lowest BCUT2D eigenvalue weighted by molar-refractivity contribution is 0.0467. The first-order valence-corrected chi connectivity index (χ1v) is 5.94. The van der Waals surface area contributed by atoms with Crippen LogP contribution in [-0.2, 0) is 17.9 Å². The molecule has 2 rings (SSSR count). The summed E-state index contributed by atoms with van der Waals surface area (Å²) in [4.78, 5) is 11.7. The molecule has 0 saturated carbocycles. The number of carbonyl (C=O) groups is 1. The Bertz CT molecular complexity index is 641. The largest absolute Gasteiger partial charge is 0.457 e. The summed E-state index contributed by atoms with van der Waals surface area (Å²) in [7, 11) is 0. The molecule has 2 N–H and O–H groups in total. The number of nitrogen functional groups attached to an aromatic ring is 1. The summed E-state index contributed by atoms with van der Waals surface area (Å²) in [5.74, 6) is -2.83. The number of hydrogen-bond acceptors (Lipinski definition) is 4. The Labute approximate surface area is 114 Å². The van der Waals surface area contributed by atoms with Crippen LogP contribution in [0.25, 0.3) is 0 Å². The third-order valence-electron chi connectivity index (χ3n) is 2.69. The summed E-state index contributed by atoms with van der Waals surface area (Å²) in [5, 5.41) is 4.01. The van der Waals surface area contributed by atoms with E-state index in [1.807, 2.05) is 6.92 Å². The van der Waals surface area contributed by atoms with E-state index >= 15 is 0 Å².